The molecule has 0 saturated carbocycles. The largest absolute Gasteiger partial charge is 0.322 e. The number of carbonyl (C=O) groups is 3. The number of amides is 3. The SMILES string of the molecule is CNS(=O)(=O)c1cc(NC(=O)c2ccc3c(c2)C(=O)N(CCC(C)C)C3=O)ccc1C. The summed E-state index contributed by atoms with van der Waals surface area (Å²) in [7, 11) is -2.37. The molecular weight excluding hydrogens is 418 g/mol. The molecule has 9 heteroatoms. The van der Waals surface area contributed by atoms with E-state index in [1.54, 1.807) is 19.1 Å². The third-order valence-electron chi connectivity index (χ3n) is 5.17. The molecule has 0 fully saturated rings. The fourth-order valence-corrected chi connectivity index (χ4v) is 4.30. The van der Waals surface area contributed by atoms with Crippen LogP contribution < -0.4 is 10.0 Å². The monoisotopic (exact) mass is 443 g/mol. The van der Waals surface area contributed by atoms with Gasteiger partial charge in [0.15, 0.2) is 0 Å². The third kappa shape index (κ3) is 4.52. The number of nitrogens with one attached hydrogen (secondary N) is 2. The Morgan fingerprint density at radius 2 is 1.71 bits per heavy atom. The zero-order valence-corrected chi connectivity index (χ0v) is 18.7. The lowest BCUT2D eigenvalue weighted by Crippen LogP contribution is -2.31. The molecule has 2 N–H and O–H groups in total. The van der Waals surface area contributed by atoms with E-state index in [2.05, 4.69) is 10.0 Å². The molecule has 0 aromatic heterocycles. The van der Waals surface area contributed by atoms with Gasteiger partial charge >= 0.3 is 0 Å². The van der Waals surface area contributed by atoms with Crippen molar-refractivity contribution in [1.29, 1.82) is 0 Å². The Hall–Kier alpha value is -3.04. The van der Waals surface area contributed by atoms with E-state index in [0.717, 1.165) is 0 Å². The van der Waals surface area contributed by atoms with Crippen LogP contribution in [0.15, 0.2) is 41.3 Å². The van der Waals surface area contributed by atoms with Crippen molar-refractivity contribution in [3.05, 3.63) is 58.7 Å². The number of fused-ring (bicyclic) bond motifs is 1. The van der Waals surface area contributed by atoms with E-state index in [1.807, 2.05) is 13.8 Å². The average Bonchev–Trinajstić information content (AvgIpc) is 2.97. The van der Waals surface area contributed by atoms with Crippen LogP contribution in [0.2, 0.25) is 0 Å². The molecule has 0 aliphatic carbocycles. The minimum absolute atomic E-state index is 0.0586. The van der Waals surface area contributed by atoms with E-state index >= 15 is 0 Å². The highest BCUT2D eigenvalue weighted by molar-refractivity contribution is 7.89. The van der Waals surface area contributed by atoms with Gasteiger partial charge in [-0.2, -0.15) is 0 Å². The molecule has 1 aliphatic rings. The summed E-state index contributed by atoms with van der Waals surface area (Å²) in [5, 5.41) is 2.65. The molecule has 3 rings (SSSR count). The third-order valence-corrected chi connectivity index (χ3v) is 6.72. The number of anilines is 1. The molecular formula is C22H25N3O5S. The Morgan fingerprint density at radius 3 is 2.35 bits per heavy atom. The quantitative estimate of drug-likeness (QED) is 0.639. The molecule has 0 bridgehead atoms. The molecule has 0 atom stereocenters. The zero-order chi connectivity index (χ0) is 22.9. The van der Waals surface area contributed by atoms with Crippen molar-refractivity contribution in [1.82, 2.24) is 9.62 Å². The van der Waals surface area contributed by atoms with Gasteiger partial charge in [-0.3, -0.25) is 19.3 Å². The second-order valence-corrected chi connectivity index (χ2v) is 9.70. The number of imide groups is 1. The van der Waals surface area contributed by atoms with E-state index in [1.165, 1.54) is 36.2 Å². The maximum absolute atomic E-state index is 12.7. The molecule has 1 heterocycles. The van der Waals surface area contributed by atoms with Crippen LogP contribution in [0.5, 0.6) is 0 Å². The first kappa shape index (κ1) is 22.6. The van der Waals surface area contributed by atoms with Crippen LogP contribution in [0.3, 0.4) is 0 Å². The van der Waals surface area contributed by atoms with Crippen molar-refractivity contribution in [3.63, 3.8) is 0 Å². The van der Waals surface area contributed by atoms with Crippen LogP contribution in [0.25, 0.3) is 0 Å². The smallest absolute Gasteiger partial charge is 0.261 e. The summed E-state index contributed by atoms with van der Waals surface area (Å²) >= 11 is 0. The van der Waals surface area contributed by atoms with Gasteiger partial charge in [0.2, 0.25) is 10.0 Å². The topological polar surface area (TPSA) is 113 Å². The molecule has 3 amide bonds. The zero-order valence-electron chi connectivity index (χ0n) is 17.9. The molecule has 0 spiro atoms. The van der Waals surface area contributed by atoms with Crippen molar-refractivity contribution in [2.45, 2.75) is 32.1 Å². The van der Waals surface area contributed by atoms with E-state index in [-0.39, 0.29) is 27.5 Å². The molecule has 164 valence electrons. The summed E-state index contributed by atoms with van der Waals surface area (Å²) in [6, 6.07) is 8.92. The number of sulfonamides is 1. The van der Waals surface area contributed by atoms with Gasteiger partial charge in [-0.15, -0.1) is 0 Å². The lowest BCUT2D eigenvalue weighted by atomic mass is 10.1. The maximum atomic E-state index is 12.7. The number of nitrogens with zero attached hydrogens (tertiary/aromatic N) is 1. The van der Waals surface area contributed by atoms with Crippen molar-refractivity contribution in [2.24, 2.45) is 5.92 Å². The molecule has 0 radical (unpaired) electrons. The molecule has 0 saturated heterocycles. The fourth-order valence-electron chi connectivity index (χ4n) is 3.30. The van der Waals surface area contributed by atoms with Crippen molar-refractivity contribution in [3.8, 4) is 0 Å². The molecule has 2 aromatic rings. The van der Waals surface area contributed by atoms with Crippen LogP contribution in [-0.2, 0) is 10.0 Å². The average molecular weight is 444 g/mol. The van der Waals surface area contributed by atoms with Gasteiger partial charge in [0.05, 0.1) is 16.0 Å². The van der Waals surface area contributed by atoms with Crippen molar-refractivity contribution >= 4 is 33.4 Å². The Bertz CT molecular complexity index is 1170. The molecule has 8 nitrogen and oxygen atoms in total. The number of aryl methyl sites for hydroxylation is 1. The van der Waals surface area contributed by atoms with Crippen LogP contribution in [0.1, 0.15) is 56.9 Å². The highest BCUT2D eigenvalue weighted by Gasteiger charge is 2.35. The minimum atomic E-state index is -3.68. The molecule has 2 aromatic carbocycles. The lowest BCUT2D eigenvalue weighted by Gasteiger charge is -2.14. The molecule has 0 unspecified atom stereocenters. The summed E-state index contributed by atoms with van der Waals surface area (Å²) in [5.41, 5.74) is 1.51. The predicted molar refractivity (Wildman–Crippen MR) is 117 cm³/mol. The van der Waals surface area contributed by atoms with Crippen LogP contribution in [-0.4, -0.2) is 44.6 Å². The Labute approximate surface area is 181 Å². The van der Waals surface area contributed by atoms with E-state index in [4.69, 9.17) is 0 Å². The number of rotatable bonds is 7. The van der Waals surface area contributed by atoms with E-state index < -0.39 is 21.8 Å². The normalized spacial score (nSPS) is 13.6. The van der Waals surface area contributed by atoms with Gasteiger partial charge < -0.3 is 5.32 Å². The Morgan fingerprint density at radius 1 is 1.03 bits per heavy atom. The van der Waals surface area contributed by atoms with Crippen LogP contribution in [0.4, 0.5) is 5.69 Å². The Kier molecular flexibility index (Phi) is 6.28. The number of benzene rings is 2. The fraction of sp³-hybridized carbons (Fsp3) is 0.318. The number of hydrogen-bond acceptors (Lipinski definition) is 5. The van der Waals surface area contributed by atoms with E-state index in [0.29, 0.717) is 30.1 Å². The number of carbonyl (C=O) groups excluding carboxylic acids is 3. The molecule has 31 heavy (non-hydrogen) atoms. The maximum Gasteiger partial charge on any atom is 0.261 e. The van der Waals surface area contributed by atoms with Gasteiger partial charge in [-0.1, -0.05) is 19.9 Å². The van der Waals surface area contributed by atoms with Gasteiger partial charge in [0.1, 0.15) is 0 Å². The summed E-state index contributed by atoms with van der Waals surface area (Å²) in [4.78, 5) is 39.2. The van der Waals surface area contributed by atoms with Gasteiger partial charge in [-0.05, 0) is 62.2 Å². The first-order chi connectivity index (χ1) is 14.5. The highest BCUT2D eigenvalue weighted by atomic mass is 32.2. The highest BCUT2D eigenvalue weighted by Crippen LogP contribution is 2.26. The lowest BCUT2D eigenvalue weighted by molar-refractivity contribution is 0.0647. The van der Waals surface area contributed by atoms with Crippen LogP contribution >= 0.6 is 0 Å². The second-order valence-electron chi connectivity index (χ2n) is 7.85. The van der Waals surface area contributed by atoms with Gasteiger partial charge in [0, 0.05) is 17.8 Å². The van der Waals surface area contributed by atoms with Gasteiger partial charge in [0.25, 0.3) is 17.7 Å². The standard InChI is InChI=1S/C22H25N3O5S/c1-13(2)9-10-25-21(27)17-8-6-15(11-18(17)22(25)28)20(26)24-16-7-5-14(3)19(12-16)31(29,30)23-4/h5-8,11-13,23H,9-10H2,1-4H3,(H,24,26). The van der Waals surface area contributed by atoms with Crippen LogP contribution in [0, 0.1) is 12.8 Å². The van der Waals surface area contributed by atoms with Crippen molar-refractivity contribution < 1.29 is 22.8 Å². The summed E-state index contributed by atoms with van der Waals surface area (Å²) < 4.78 is 26.6. The minimum Gasteiger partial charge on any atom is -0.322 e. The Balaban J connectivity index is 1.84. The van der Waals surface area contributed by atoms with Crippen molar-refractivity contribution in [2.75, 3.05) is 18.9 Å². The molecule has 1 aliphatic heterocycles. The predicted octanol–water partition coefficient (Wildman–Crippen LogP) is 2.80. The first-order valence-corrected chi connectivity index (χ1v) is 11.4. The van der Waals surface area contributed by atoms with Gasteiger partial charge in [-0.25, -0.2) is 13.1 Å². The summed E-state index contributed by atoms with van der Waals surface area (Å²) in [5.74, 6) is -0.932. The first-order valence-electron chi connectivity index (χ1n) is 9.91. The second kappa shape index (κ2) is 8.60. The summed E-state index contributed by atoms with van der Waals surface area (Å²) in [6.45, 7) is 6.01. The number of hydrogen-bond donors (Lipinski definition) is 2. The summed E-state index contributed by atoms with van der Waals surface area (Å²) in [6.07, 6.45) is 0.699. The van der Waals surface area contributed by atoms with E-state index in [9.17, 15) is 22.8 Å².